The first-order chi connectivity index (χ1) is 9.52. The van der Waals surface area contributed by atoms with Crippen molar-refractivity contribution in [2.45, 2.75) is 38.8 Å². The van der Waals surface area contributed by atoms with Gasteiger partial charge in [-0.05, 0) is 50.6 Å². The summed E-state index contributed by atoms with van der Waals surface area (Å²) in [5, 5.41) is 9.68. The molecule has 1 aliphatic heterocycles. The third kappa shape index (κ3) is 3.54. The van der Waals surface area contributed by atoms with Gasteiger partial charge in [0.2, 0.25) is 0 Å². The third-order valence-electron chi connectivity index (χ3n) is 4.26. The van der Waals surface area contributed by atoms with Gasteiger partial charge in [0, 0.05) is 29.8 Å². The SMILES string of the molecule is CCN1CCCC1CN(C)c1ccc([C@@H](C)O)c(Br)c1. The highest BCUT2D eigenvalue weighted by atomic mass is 79.9. The van der Waals surface area contributed by atoms with Gasteiger partial charge in [0.1, 0.15) is 0 Å². The monoisotopic (exact) mass is 340 g/mol. The average Bonchev–Trinajstić information content (AvgIpc) is 2.85. The summed E-state index contributed by atoms with van der Waals surface area (Å²) in [5.41, 5.74) is 2.14. The Labute approximate surface area is 130 Å². The van der Waals surface area contributed by atoms with E-state index in [1.54, 1.807) is 6.92 Å². The Kier molecular flexibility index (Phi) is 5.47. The van der Waals surface area contributed by atoms with Crippen LogP contribution in [0, 0.1) is 0 Å². The Morgan fingerprint density at radius 2 is 2.25 bits per heavy atom. The molecule has 0 saturated carbocycles. The quantitative estimate of drug-likeness (QED) is 0.889. The maximum Gasteiger partial charge on any atom is 0.0772 e. The predicted molar refractivity (Wildman–Crippen MR) is 88.3 cm³/mol. The summed E-state index contributed by atoms with van der Waals surface area (Å²) in [4.78, 5) is 4.88. The molecule has 1 unspecified atom stereocenters. The van der Waals surface area contributed by atoms with Crippen LogP contribution in [0.5, 0.6) is 0 Å². The summed E-state index contributed by atoms with van der Waals surface area (Å²) in [5.74, 6) is 0. The van der Waals surface area contributed by atoms with E-state index in [1.165, 1.54) is 25.1 Å². The van der Waals surface area contributed by atoms with Crippen LogP contribution in [0.4, 0.5) is 5.69 Å². The second-order valence-electron chi connectivity index (χ2n) is 5.69. The fourth-order valence-electron chi connectivity index (χ4n) is 3.03. The van der Waals surface area contributed by atoms with Crippen molar-refractivity contribution in [2.24, 2.45) is 0 Å². The van der Waals surface area contributed by atoms with Crippen LogP contribution in [-0.4, -0.2) is 42.7 Å². The molecule has 4 heteroatoms. The van der Waals surface area contributed by atoms with Crippen molar-refractivity contribution in [3.8, 4) is 0 Å². The smallest absolute Gasteiger partial charge is 0.0772 e. The lowest BCUT2D eigenvalue weighted by Crippen LogP contribution is -2.38. The first-order valence-corrected chi connectivity index (χ1v) is 8.25. The molecule has 2 rings (SSSR count). The topological polar surface area (TPSA) is 26.7 Å². The van der Waals surface area contributed by atoms with Crippen molar-refractivity contribution in [1.29, 1.82) is 0 Å². The standard InChI is InChI=1S/C16H25BrN2O/c1-4-19-9-5-6-14(19)11-18(3)13-7-8-15(12(2)20)16(17)10-13/h7-8,10,12,14,20H,4-6,9,11H2,1-3H3/t12-,14?/m1/s1. The van der Waals surface area contributed by atoms with E-state index in [0.29, 0.717) is 6.04 Å². The zero-order chi connectivity index (χ0) is 14.7. The van der Waals surface area contributed by atoms with E-state index in [4.69, 9.17) is 0 Å². The van der Waals surface area contributed by atoms with E-state index >= 15 is 0 Å². The maximum atomic E-state index is 9.68. The number of likely N-dealkylation sites (tertiary alicyclic amines) is 1. The number of nitrogens with zero attached hydrogens (tertiary/aromatic N) is 2. The first kappa shape index (κ1) is 15.8. The van der Waals surface area contributed by atoms with Crippen LogP contribution in [0.15, 0.2) is 22.7 Å². The molecule has 0 bridgehead atoms. The summed E-state index contributed by atoms with van der Waals surface area (Å²) in [6.07, 6.45) is 2.18. The van der Waals surface area contributed by atoms with Crippen LogP contribution in [0.25, 0.3) is 0 Å². The molecule has 1 saturated heterocycles. The Bertz CT molecular complexity index is 450. The number of hydrogen-bond donors (Lipinski definition) is 1. The van der Waals surface area contributed by atoms with Crippen LogP contribution in [0.3, 0.4) is 0 Å². The number of halogens is 1. The van der Waals surface area contributed by atoms with Crippen molar-refractivity contribution in [2.75, 3.05) is 31.6 Å². The fraction of sp³-hybridized carbons (Fsp3) is 0.625. The number of likely N-dealkylation sites (N-methyl/N-ethyl adjacent to an activating group) is 2. The number of rotatable bonds is 5. The first-order valence-electron chi connectivity index (χ1n) is 7.45. The molecule has 0 amide bonds. The summed E-state index contributed by atoms with van der Waals surface area (Å²) < 4.78 is 0.982. The largest absolute Gasteiger partial charge is 0.389 e. The summed E-state index contributed by atoms with van der Waals surface area (Å²) in [6, 6.07) is 6.87. The molecular formula is C16H25BrN2O. The zero-order valence-corrected chi connectivity index (χ0v) is 14.2. The van der Waals surface area contributed by atoms with Gasteiger partial charge in [0.25, 0.3) is 0 Å². The zero-order valence-electron chi connectivity index (χ0n) is 12.6. The molecule has 0 aromatic heterocycles. The predicted octanol–water partition coefficient (Wildman–Crippen LogP) is 3.42. The Morgan fingerprint density at radius 3 is 2.85 bits per heavy atom. The molecule has 1 aromatic rings. The highest BCUT2D eigenvalue weighted by Crippen LogP contribution is 2.28. The lowest BCUT2D eigenvalue weighted by atomic mass is 10.1. The van der Waals surface area contributed by atoms with E-state index in [-0.39, 0.29) is 0 Å². The molecule has 0 aliphatic carbocycles. The van der Waals surface area contributed by atoms with Crippen LogP contribution in [0.2, 0.25) is 0 Å². The highest BCUT2D eigenvalue weighted by molar-refractivity contribution is 9.10. The molecule has 112 valence electrons. The molecule has 3 nitrogen and oxygen atoms in total. The van der Waals surface area contributed by atoms with Crippen molar-refractivity contribution in [3.63, 3.8) is 0 Å². The molecule has 1 fully saturated rings. The van der Waals surface area contributed by atoms with E-state index in [1.807, 2.05) is 6.07 Å². The van der Waals surface area contributed by atoms with E-state index in [0.717, 1.165) is 23.1 Å². The molecule has 1 heterocycles. The Morgan fingerprint density at radius 1 is 1.50 bits per heavy atom. The van der Waals surface area contributed by atoms with Gasteiger partial charge in [-0.2, -0.15) is 0 Å². The number of aliphatic hydroxyl groups excluding tert-OH is 1. The average molecular weight is 341 g/mol. The minimum atomic E-state index is -0.436. The van der Waals surface area contributed by atoms with E-state index < -0.39 is 6.10 Å². The normalized spacial score (nSPS) is 21.1. The lowest BCUT2D eigenvalue weighted by molar-refractivity contribution is 0.198. The van der Waals surface area contributed by atoms with Crippen molar-refractivity contribution >= 4 is 21.6 Å². The van der Waals surface area contributed by atoms with Gasteiger partial charge in [0.05, 0.1) is 6.10 Å². The highest BCUT2D eigenvalue weighted by Gasteiger charge is 2.24. The second kappa shape index (κ2) is 6.92. The number of hydrogen-bond acceptors (Lipinski definition) is 3. The van der Waals surface area contributed by atoms with Crippen LogP contribution in [0.1, 0.15) is 38.4 Å². The molecular weight excluding hydrogens is 316 g/mol. The summed E-state index contributed by atoms with van der Waals surface area (Å²) in [6.45, 7) is 7.48. The van der Waals surface area contributed by atoms with Gasteiger partial charge in [-0.3, -0.25) is 4.90 Å². The molecule has 1 aromatic carbocycles. The second-order valence-corrected chi connectivity index (χ2v) is 6.54. The van der Waals surface area contributed by atoms with Crippen LogP contribution < -0.4 is 4.90 Å². The van der Waals surface area contributed by atoms with Gasteiger partial charge in [-0.15, -0.1) is 0 Å². The molecule has 1 N–H and O–H groups in total. The number of anilines is 1. The molecule has 20 heavy (non-hydrogen) atoms. The molecule has 0 spiro atoms. The van der Waals surface area contributed by atoms with Gasteiger partial charge in [-0.25, -0.2) is 0 Å². The number of benzene rings is 1. The molecule has 0 radical (unpaired) electrons. The van der Waals surface area contributed by atoms with E-state index in [9.17, 15) is 5.11 Å². The van der Waals surface area contributed by atoms with Gasteiger partial charge < -0.3 is 10.0 Å². The summed E-state index contributed by atoms with van der Waals surface area (Å²) >= 11 is 3.56. The van der Waals surface area contributed by atoms with Crippen molar-refractivity contribution < 1.29 is 5.11 Å². The van der Waals surface area contributed by atoms with E-state index in [2.05, 4.69) is 51.8 Å². The minimum absolute atomic E-state index is 0.436. The number of aliphatic hydroxyl groups is 1. The maximum absolute atomic E-state index is 9.68. The third-order valence-corrected chi connectivity index (χ3v) is 4.95. The Hall–Kier alpha value is -0.580. The lowest BCUT2D eigenvalue weighted by Gasteiger charge is -2.29. The summed E-state index contributed by atoms with van der Waals surface area (Å²) in [7, 11) is 2.15. The molecule has 1 aliphatic rings. The van der Waals surface area contributed by atoms with Crippen LogP contribution >= 0.6 is 15.9 Å². The van der Waals surface area contributed by atoms with Crippen molar-refractivity contribution in [1.82, 2.24) is 4.90 Å². The Balaban J connectivity index is 2.05. The van der Waals surface area contributed by atoms with Crippen LogP contribution in [-0.2, 0) is 0 Å². The molecule has 2 atom stereocenters. The van der Waals surface area contributed by atoms with Gasteiger partial charge >= 0.3 is 0 Å². The fourth-order valence-corrected chi connectivity index (χ4v) is 3.73. The van der Waals surface area contributed by atoms with Gasteiger partial charge in [0.15, 0.2) is 0 Å². The van der Waals surface area contributed by atoms with Gasteiger partial charge in [-0.1, -0.05) is 28.9 Å². The van der Waals surface area contributed by atoms with Crippen molar-refractivity contribution in [3.05, 3.63) is 28.2 Å². The minimum Gasteiger partial charge on any atom is -0.389 e.